The number of hydrogen-bond donors (Lipinski definition) is 0. The van der Waals surface area contributed by atoms with Crippen LogP contribution in [0.2, 0.25) is 0 Å². The Morgan fingerprint density at radius 1 is 1.00 bits per heavy atom. The summed E-state index contributed by atoms with van der Waals surface area (Å²) in [6.07, 6.45) is 6.70. The summed E-state index contributed by atoms with van der Waals surface area (Å²) in [5, 5.41) is 0. The SMILES string of the molecule is CCC(C)C1CCN(c2ccc(C)cc2)CC1.CCCC. The molecule has 1 heterocycles. The Labute approximate surface area is 132 Å². The molecule has 21 heavy (non-hydrogen) atoms. The van der Waals surface area contributed by atoms with Crippen molar-refractivity contribution in [1.82, 2.24) is 0 Å². The van der Waals surface area contributed by atoms with Crippen molar-refractivity contribution in [3.63, 3.8) is 0 Å². The Morgan fingerprint density at radius 2 is 1.52 bits per heavy atom. The van der Waals surface area contributed by atoms with Gasteiger partial charge in [0, 0.05) is 18.8 Å². The maximum Gasteiger partial charge on any atom is 0.0366 e. The number of nitrogens with zero attached hydrogens (tertiary/aromatic N) is 1. The van der Waals surface area contributed by atoms with Gasteiger partial charge in [-0.25, -0.2) is 0 Å². The lowest BCUT2D eigenvalue weighted by Crippen LogP contribution is -2.35. The molecule has 0 amide bonds. The fourth-order valence-corrected chi connectivity index (χ4v) is 2.82. The Kier molecular flexibility index (Phi) is 8.49. The van der Waals surface area contributed by atoms with E-state index in [1.54, 1.807) is 0 Å². The standard InChI is InChI=1S/C16H25N.C4H10/c1-4-14(3)15-9-11-17(12-10-15)16-7-5-13(2)6-8-16;1-3-4-2/h5-8,14-15H,4,9-12H2,1-3H3;3-4H2,1-2H3. The van der Waals surface area contributed by atoms with Crippen LogP contribution in [0.1, 0.15) is 65.4 Å². The minimum atomic E-state index is 0.898. The van der Waals surface area contributed by atoms with Gasteiger partial charge < -0.3 is 4.90 Å². The molecule has 1 aromatic rings. The predicted molar refractivity (Wildman–Crippen MR) is 96.2 cm³/mol. The van der Waals surface area contributed by atoms with E-state index >= 15 is 0 Å². The van der Waals surface area contributed by atoms with Gasteiger partial charge in [0.05, 0.1) is 0 Å². The predicted octanol–water partition coefficient (Wildman–Crippen LogP) is 6.06. The molecule has 2 rings (SSSR count). The van der Waals surface area contributed by atoms with Gasteiger partial charge in [-0.15, -0.1) is 0 Å². The van der Waals surface area contributed by atoms with Crippen molar-refractivity contribution in [2.75, 3.05) is 18.0 Å². The second kappa shape index (κ2) is 9.87. The summed E-state index contributed by atoms with van der Waals surface area (Å²) in [5.41, 5.74) is 2.75. The van der Waals surface area contributed by atoms with Crippen LogP contribution in [-0.2, 0) is 0 Å². The molecule has 0 aromatic heterocycles. The topological polar surface area (TPSA) is 3.24 Å². The third-order valence-corrected chi connectivity index (χ3v) is 4.89. The second-order valence-corrected chi connectivity index (χ2v) is 6.55. The summed E-state index contributed by atoms with van der Waals surface area (Å²) >= 11 is 0. The molecule has 1 aliphatic rings. The summed E-state index contributed by atoms with van der Waals surface area (Å²) in [4.78, 5) is 2.54. The van der Waals surface area contributed by atoms with E-state index in [1.807, 2.05) is 0 Å². The van der Waals surface area contributed by atoms with Crippen LogP contribution in [0, 0.1) is 18.8 Å². The first-order valence-corrected chi connectivity index (χ1v) is 8.93. The third kappa shape index (κ3) is 6.11. The molecule has 0 aliphatic carbocycles. The molecule has 1 nitrogen and oxygen atoms in total. The molecule has 1 aliphatic heterocycles. The third-order valence-electron chi connectivity index (χ3n) is 4.89. The minimum absolute atomic E-state index is 0.898. The monoisotopic (exact) mass is 289 g/mol. The van der Waals surface area contributed by atoms with Crippen molar-refractivity contribution >= 4 is 5.69 Å². The highest BCUT2D eigenvalue weighted by molar-refractivity contribution is 5.47. The largest absolute Gasteiger partial charge is 0.372 e. The average molecular weight is 290 g/mol. The number of anilines is 1. The van der Waals surface area contributed by atoms with Crippen LogP contribution in [-0.4, -0.2) is 13.1 Å². The van der Waals surface area contributed by atoms with Gasteiger partial charge >= 0.3 is 0 Å². The Bertz CT molecular complexity index is 358. The lowest BCUT2D eigenvalue weighted by Gasteiger charge is -2.36. The summed E-state index contributed by atoms with van der Waals surface area (Å²) in [7, 11) is 0. The fourth-order valence-electron chi connectivity index (χ4n) is 2.82. The van der Waals surface area contributed by atoms with Crippen LogP contribution < -0.4 is 4.90 Å². The van der Waals surface area contributed by atoms with E-state index in [-0.39, 0.29) is 0 Å². The number of aryl methyl sites for hydroxylation is 1. The number of unbranched alkanes of at least 4 members (excludes halogenated alkanes) is 1. The minimum Gasteiger partial charge on any atom is -0.372 e. The lowest BCUT2D eigenvalue weighted by molar-refractivity contribution is 0.286. The highest BCUT2D eigenvalue weighted by Gasteiger charge is 2.22. The number of piperidine rings is 1. The number of benzene rings is 1. The molecule has 1 saturated heterocycles. The van der Waals surface area contributed by atoms with Crippen molar-refractivity contribution in [3.8, 4) is 0 Å². The van der Waals surface area contributed by atoms with E-state index in [4.69, 9.17) is 0 Å². The molecule has 0 radical (unpaired) electrons. The molecule has 1 aromatic carbocycles. The van der Waals surface area contributed by atoms with Crippen LogP contribution in [0.3, 0.4) is 0 Å². The van der Waals surface area contributed by atoms with E-state index < -0.39 is 0 Å². The molecule has 120 valence electrons. The smallest absolute Gasteiger partial charge is 0.0366 e. The molecule has 0 saturated carbocycles. The van der Waals surface area contributed by atoms with Gasteiger partial charge in [0.15, 0.2) is 0 Å². The zero-order valence-electron chi connectivity index (χ0n) is 14.9. The van der Waals surface area contributed by atoms with E-state index in [0.717, 1.165) is 11.8 Å². The first-order valence-electron chi connectivity index (χ1n) is 8.93. The van der Waals surface area contributed by atoms with E-state index in [0.29, 0.717) is 0 Å². The van der Waals surface area contributed by atoms with Gasteiger partial charge in [0.25, 0.3) is 0 Å². The normalized spacial score (nSPS) is 17.1. The Balaban J connectivity index is 0.000000491. The quantitative estimate of drug-likeness (QED) is 0.651. The lowest BCUT2D eigenvalue weighted by atomic mass is 9.84. The van der Waals surface area contributed by atoms with Crippen molar-refractivity contribution in [1.29, 1.82) is 0 Å². The molecule has 0 N–H and O–H groups in total. The van der Waals surface area contributed by atoms with Crippen molar-refractivity contribution in [2.24, 2.45) is 11.8 Å². The van der Waals surface area contributed by atoms with Crippen molar-refractivity contribution in [2.45, 2.75) is 66.7 Å². The molecule has 1 unspecified atom stereocenters. The fraction of sp³-hybridized carbons (Fsp3) is 0.700. The molecular weight excluding hydrogens is 254 g/mol. The second-order valence-electron chi connectivity index (χ2n) is 6.55. The summed E-state index contributed by atoms with van der Waals surface area (Å²) in [5.74, 6) is 1.84. The maximum atomic E-state index is 2.54. The summed E-state index contributed by atoms with van der Waals surface area (Å²) < 4.78 is 0. The van der Waals surface area contributed by atoms with Gasteiger partial charge in [-0.3, -0.25) is 0 Å². The zero-order valence-corrected chi connectivity index (χ0v) is 14.9. The average Bonchev–Trinajstić information content (AvgIpc) is 2.55. The Morgan fingerprint density at radius 3 is 1.95 bits per heavy atom. The van der Waals surface area contributed by atoms with Gasteiger partial charge in [-0.1, -0.05) is 64.7 Å². The first kappa shape index (κ1) is 18.1. The first-order chi connectivity index (χ1) is 10.1. The summed E-state index contributed by atoms with van der Waals surface area (Å²) in [6.45, 7) is 13.7. The van der Waals surface area contributed by atoms with E-state index in [2.05, 4.69) is 63.8 Å². The van der Waals surface area contributed by atoms with E-state index in [9.17, 15) is 0 Å². The Hall–Kier alpha value is -0.980. The highest BCUT2D eigenvalue weighted by Crippen LogP contribution is 2.29. The van der Waals surface area contributed by atoms with E-state index in [1.165, 1.54) is 56.4 Å². The highest BCUT2D eigenvalue weighted by atomic mass is 15.1. The van der Waals surface area contributed by atoms with Crippen molar-refractivity contribution < 1.29 is 0 Å². The number of hydrogen-bond acceptors (Lipinski definition) is 1. The molecule has 1 atom stereocenters. The summed E-state index contributed by atoms with van der Waals surface area (Å²) in [6, 6.07) is 8.96. The van der Waals surface area contributed by atoms with Crippen LogP contribution in [0.15, 0.2) is 24.3 Å². The molecule has 1 fully saturated rings. The molecule has 1 heteroatoms. The van der Waals surface area contributed by atoms with Crippen LogP contribution in [0.4, 0.5) is 5.69 Å². The maximum absolute atomic E-state index is 2.54. The van der Waals surface area contributed by atoms with Crippen LogP contribution in [0.25, 0.3) is 0 Å². The molecule has 0 spiro atoms. The van der Waals surface area contributed by atoms with Gasteiger partial charge in [-0.2, -0.15) is 0 Å². The van der Waals surface area contributed by atoms with Gasteiger partial charge in [0.1, 0.15) is 0 Å². The zero-order chi connectivity index (χ0) is 15.7. The molecule has 0 bridgehead atoms. The molecular formula is C20H35N. The van der Waals surface area contributed by atoms with Crippen molar-refractivity contribution in [3.05, 3.63) is 29.8 Å². The van der Waals surface area contributed by atoms with Crippen LogP contribution >= 0.6 is 0 Å². The van der Waals surface area contributed by atoms with Gasteiger partial charge in [-0.05, 0) is 43.7 Å². The number of rotatable bonds is 4. The van der Waals surface area contributed by atoms with Gasteiger partial charge in [0.2, 0.25) is 0 Å². The van der Waals surface area contributed by atoms with Crippen LogP contribution in [0.5, 0.6) is 0 Å².